The van der Waals surface area contributed by atoms with Gasteiger partial charge in [0.25, 0.3) is 0 Å². The largest absolute Gasteiger partial charge is 0.369 e. The number of benzene rings is 2. The van der Waals surface area contributed by atoms with E-state index in [4.69, 9.17) is 34.7 Å². The Kier molecular flexibility index (Phi) is 7.80. The van der Waals surface area contributed by atoms with Gasteiger partial charge >= 0.3 is 0 Å². The van der Waals surface area contributed by atoms with E-state index in [1.54, 1.807) is 6.07 Å². The summed E-state index contributed by atoms with van der Waals surface area (Å²) >= 11 is 12.2. The SMILES string of the molecule is CC1(C)N=C(N)N=C(N)N1c1cccc(CCCCc2ccc(Cl)cc2Cl)c1.Cl. The first-order valence-corrected chi connectivity index (χ1v) is 10.0. The van der Waals surface area contributed by atoms with Crippen LogP contribution in [0.5, 0.6) is 0 Å². The molecule has 0 atom stereocenters. The molecule has 0 amide bonds. The van der Waals surface area contributed by atoms with E-state index in [2.05, 4.69) is 22.1 Å². The highest BCUT2D eigenvalue weighted by atomic mass is 35.5. The van der Waals surface area contributed by atoms with Gasteiger partial charge in [0.05, 0.1) is 0 Å². The van der Waals surface area contributed by atoms with E-state index >= 15 is 0 Å². The van der Waals surface area contributed by atoms with Crippen LogP contribution in [0.3, 0.4) is 0 Å². The van der Waals surface area contributed by atoms with Crippen molar-refractivity contribution in [2.24, 2.45) is 21.5 Å². The van der Waals surface area contributed by atoms with Gasteiger partial charge in [-0.05, 0) is 74.9 Å². The molecule has 0 unspecified atom stereocenters. The summed E-state index contributed by atoms with van der Waals surface area (Å²) in [6.45, 7) is 3.92. The number of aryl methyl sites for hydroxylation is 2. The molecule has 5 nitrogen and oxygen atoms in total. The van der Waals surface area contributed by atoms with Crippen molar-refractivity contribution in [2.75, 3.05) is 4.90 Å². The molecule has 2 aromatic carbocycles. The number of halogens is 3. The van der Waals surface area contributed by atoms with Crippen LogP contribution in [-0.2, 0) is 12.8 Å². The number of hydrogen-bond donors (Lipinski definition) is 2. The lowest BCUT2D eigenvalue weighted by atomic mass is 10.0. The van der Waals surface area contributed by atoms with E-state index in [-0.39, 0.29) is 18.4 Å². The summed E-state index contributed by atoms with van der Waals surface area (Å²) < 4.78 is 0. The lowest BCUT2D eigenvalue weighted by molar-refractivity contribution is 0.533. The third kappa shape index (κ3) is 5.78. The molecule has 1 aliphatic rings. The molecule has 8 heteroatoms. The normalized spacial score (nSPS) is 15.4. The van der Waals surface area contributed by atoms with Gasteiger partial charge in [-0.2, -0.15) is 4.99 Å². The fraction of sp³-hybridized carbons (Fsp3) is 0.333. The Morgan fingerprint density at radius 2 is 1.72 bits per heavy atom. The molecule has 0 aromatic heterocycles. The minimum atomic E-state index is -0.583. The zero-order valence-corrected chi connectivity index (χ0v) is 18.9. The Balaban J connectivity index is 0.00000300. The van der Waals surface area contributed by atoms with Crippen LogP contribution in [0.15, 0.2) is 52.4 Å². The van der Waals surface area contributed by atoms with E-state index < -0.39 is 5.66 Å². The molecule has 0 saturated heterocycles. The monoisotopic (exact) mass is 453 g/mol. The quantitative estimate of drug-likeness (QED) is 0.591. The molecule has 2 aromatic rings. The summed E-state index contributed by atoms with van der Waals surface area (Å²) in [6.07, 6.45) is 4.00. The zero-order chi connectivity index (χ0) is 20.3. The number of unbranched alkanes of at least 4 members (excludes halogenated alkanes) is 1. The first-order valence-electron chi connectivity index (χ1n) is 9.29. The lowest BCUT2D eigenvalue weighted by Crippen LogP contribution is -2.54. The molecule has 156 valence electrons. The van der Waals surface area contributed by atoms with Gasteiger partial charge in [0.15, 0.2) is 0 Å². The molecule has 0 aliphatic carbocycles. The van der Waals surface area contributed by atoms with Gasteiger partial charge in [-0.1, -0.05) is 41.4 Å². The lowest BCUT2D eigenvalue weighted by Gasteiger charge is -2.38. The van der Waals surface area contributed by atoms with Gasteiger partial charge in [0.2, 0.25) is 11.9 Å². The molecule has 29 heavy (non-hydrogen) atoms. The van der Waals surface area contributed by atoms with Crippen molar-refractivity contribution >= 4 is 53.2 Å². The average molecular weight is 455 g/mol. The van der Waals surface area contributed by atoms with Crippen LogP contribution in [0.25, 0.3) is 0 Å². The maximum atomic E-state index is 6.25. The highest BCUT2D eigenvalue weighted by molar-refractivity contribution is 6.35. The molecule has 4 N–H and O–H groups in total. The smallest absolute Gasteiger partial charge is 0.220 e. The van der Waals surface area contributed by atoms with Gasteiger partial charge in [0, 0.05) is 15.7 Å². The third-order valence-corrected chi connectivity index (χ3v) is 5.33. The number of hydrogen-bond acceptors (Lipinski definition) is 5. The zero-order valence-electron chi connectivity index (χ0n) is 16.5. The summed E-state index contributed by atoms with van der Waals surface area (Å²) in [5.41, 5.74) is 14.6. The summed E-state index contributed by atoms with van der Waals surface area (Å²) in [4.78, 5) is 10.4. The second-order valence-corrected chi connectivity index (χ2v) is 8.23. The minimum Gasteiger partial charge on any atom is -0.369 e. The summed E-state index contributed by atoms with van der Waals surface area (Å²) in [7, 11) is 0. The van der Waals surface area contributed by atoms with Gasteiger partial charge in [-0.25, -0.2) is 4.99 Å². The van der Waals surface area contributed by atoms with Crippen LogP contribution in [0, 0.1) is 0 Å². The number of nitrogens with two attached hydrogens (primary N) is 2. The van der Waals surface area contributed by atoms with Gasteiger partial charge < -0.3 is 11.5 Å². The first-order chi connectivity index (χ1) is 13.3. The summed E-state index contributed by atoms with van der Waals surface area (Å²) in [5, 5.41) is 1.40. The molecule has 3 rings (SSSR count). The molecule has 0 fully saturated rings. The van der Waals surface area contributed by atoms with E-state index in [0.29, 0.717) is 11.0 Å². The van der Waals surface area contributed by atoms with E-state index in [9.17, 15) is 0 Å². The second kappa shape index (κ2) is 9.70. The molecule has 1 aliphatic heterocycles. The van der Waals surface area contributed by atoms with Crippen LogP contribution >= 0.6 is 35.6 Å². The van der Waals surface area contributed by atoms with E-state index in [0.717, 1.165) is 42.0 Å². The number of aliphatic imine (C=N–C) groups is 2. The number of anilines is 1. The molecule has 0 bridgehead atoms. The second-order valence-electron chi connectivity index (χ2n) is 7.38. The highest BCUT2D eigenvalue weighted by Gasteiger charge is 2.32. The summed E-state index contributed by atoms with van der Waals surface area (Å²) in [5.74, 6) is 0.558. The Bertz CT molecular complexity index is 924. The van der Waals surface area contributed by atoms with Gasteiger partial charge in [-0.15, -0.1) is 12.4 Å². The molecule has 1 heterocycles. The van der Waals surface area contributed by atoms with Crippen molar-refractivity contribution in [2.45, 2.75) is 45.2 Å². The molecule has 0 radical (unpaired) electrons. The molecule has 0 saturated carbocycles. The fourth-order valence-electron chi connectivity index (χ4n) is 3.47. The molecular formula is C21H26Cl3N5. The van der Waals surface area contributed by atoms with Crippen LogP contribution < -0.4 is 16.4 Å². The van der Waals surface area contributed by atoms with Gasteiger partial charge in [0.1, 0.15) is 5.66 Å². The van der Waals surface area contributed by atoms with Crippen LogP contribution in [0.4, 0.5) is 5.69 Å². The van der Waals surface area contributed by atoms with Crippen molar-refractivity contribution in [1.82, 2.24) is 0 Å². The van der Waals surface area contributed by atoms with Crippen LogP contribution in [0.1, 0.15) is 37.8 Å². The van der Waals surface area contributed by atoms with Crippen LogP contribution in [-0.4, -0.2) is 17.6 Å². The molecule has 0 spiro atoms. The predicted octanol–water partition coefficient (Wildman–Crippen LogP) is 5.17. The van der Waals surface area contributed by atoms with Crippen molar-refractivity contribution in [3.63, 3.8) is 0 Å². The summed E-state index contributed by atoms with van der Waals surface area (Å²) in [6, 6.07) is 14.0. The number of rotatable bonds is 6. The average Bonchev–Trinajstić information content (AvgIpc) is 2.59. The van der Waals surface area contributed by atoms with E-state index in [1.165, 1.54) is 5.56 Å². The standard InChI is InChI=1S/C21H25Cl2N5.ClH/c1-21(2)27-19(24)26-20(25)28(21)17-9-5-7-14(12-17)6-3-4-8-15-10-11-16(22)13-18(15)23;/h5,7,9-13H,3-4,6,8H2,1-2H3,(H4,24,25,26,27);1H. The van der Waals surface area contributed by atoms with Crippen LogP contribution in [0.2, 0.25) is 10.0 Å². The maximum absolute atomic E-state index is 6.25. The van der Waals surface area contributed by atoms with E-state index in [1.807, 2.05) is 43.0 Å². The van der Waals surface area contributed by atoms with Crippen molar-refractivity contribution in [3.05, 3.63) is 63.6 Å². The van der Waals surface area contributed by atoms with Gasteiger partial charge in [-0.3, -0.25) is 4.90 Å². The van der Waals surface area contributed by atoms with Crippen molar-refractivity contribution in [1.29, 1.82) is 0 Å². The van der Waals surface area contributed by atoms with Crippen molar-refractivity contribution in [3.8, 4) is 0 Å². The fourth-order valence-corrected chi connectivity index (χ4v) is 3.97. The minimum absolute atomic E-state index is 0. The maximum Gasteiger partial charge on any atom is 0.220 e. The topological polar surface area (TPSA) is 80.0 Å². The Labute approximate surface area is 188 Å². The number of nitrogens with zero attached hydrogens (tertiary/aromatic N) is 3. The Morgan fingerprint density at radius 1 is 1.00 bits per heavy atom. The first kappa shape index (κ1) is 23.3. The third-order valence-electron chi connectivity index (χ3n) is 4.74. The highest BCUT2D eigenvalue weighted by Crippen LogP contribution is 2.28. The van der Waals surface area contributed by atoms with Crippen molar-refractivity contribution < 1.29 is 0 Å². The Hall–Kier alpha value is -1.95. The Morgan fingerprint density at radius 3 is 2.41 bits per heavy atom. The predicted molar refractivity (Wildman–Crippen MR) is 127 cm³/mol. The number of guanidine groups is 2. The molecular weight excluding hydrogens is 429 g/mol.